The van der Waals surface area contributed by atoms with Crippen molar-refractivity contribution in [3.8, 4) is 0 Å². The first kappa shape index (κ1) is 6.76. The third kappa shape index (κ3) is 3.59. The molecule has 0 aromatic heterocycles. The lowest BCUT2D eigenvalue weighted by atomic mass is 10.8. The minimum absolute atomic E-state index is 0. The molecule has 0 saturated heterocycles. The van der Waals surface area contributed by atoms with Crippen LogP contribution in [0.5, 0.6) is 0 Å². The van der Waals surface area contributed by atoms with Crippen LogP contribution in [0.1, 0.15) is 8.35 Å². The Labute approximate surface area is 48.9 Å². The summed E-state index contributed by atoms with van der Waals surface area (Å²) in [6, 6.07) is 0. The van der Waals surface area contributed by atoms with E-state index in [1.807, 2.05) is 0 Å². The molecule has 0 radical (unpaired) electrons. The number of alkyl halides is 1. The maximum atomic E-state index is 10.1. The van der Waals surface area contributed by atoms with Gasteiger partial charge in [-0.1, -0.05) is 0 Å². The molecule has 42 valence electrons. The van der Waals surface area contributed by atoms with Gasteiger partial charge in [0.05, 0.1) is 6.61 Å². The molecule has 0 fully saturated rings. The van der Waals surface area contributed by atoms with Crippen LogP contribution in [0.3, 0.4) is 0 Å². The normalized spacial score (nSPS) is 8.29. The molecule has 0 atom stereocenters. The van der Waals surface area contributed by atoms with Gasteiger partial charge in [-0.3, -0.25) is 4.79 Å². The molecule has 0 bridgehead atoms. The van der Waals surface area contributed by atoms with Crippen LogP contribution in [-0.2, 0) is 9.53 Å². The quantitative estimate of drug-likeness (QED) is 0.403. The number of halogens is 1. The molecule has 7 heavy (non-hydrogen) atoms. The summed E-state index contributed by atoms with van der Waals surface area (Å²) in [6.07, 6.45) is 0. The first-order valence-corrected chi connectivity index (χ1v) is 2.56. The second kappa shape index (κ2) is 3.93. The van der Waals surface area contributed by atoms with E-state index >= 15 is 0 Å². The minimum atomic E-state index is -0.357. The highest BCUT2D eigenvalue weighted by Gasteiger charge is 1.93. The lowest BCUT2D eigenvalue weighted by Gasteiger charge is -1.92. The van der Waals surface area contributed by atoms with Crippen LogP contribution < -0.4 is 0 Å². The standard InChI is InChI=1S/C4H7ClO2/c1-2-7-4(6)3-5/h2-3H2,1H3/p+1. The van der Waals surface area contributed by atoms with E-state index in [-0.39, 0.29) is 13.3 Å². The zero-order valence-corrected chi connectivity index (χ0v) is 4.86. The summed E-state index contributed by atoms with van der Waals surface area (Å²) in [5.74, 6) is -0.405. The van der Waals surface area contributed by atoms with Crippen molar-refractivity contribution in [1.29, 1.82) is 0 Å². The van der Waals surface area contributed by atoms with Crippen LogP contribution in [0.25, 0.3) is 0 Å². The minimum Gasteiger partial charge on any atom is -0.465 e. The van der Waals surface area contributed by atoms with Gasteiger partial charge < -0.3 is 4.74 Å². The zero-order valence-electron chi connectivity index (χ0n) is 5.11. The number of rotatable bonds is 2. The van der Waals surface area contributed by atoms with E-state index < -0.39 is 0 Å². The van der Waals surface area contributed by atoms with Crippen LogP contribution in [0.4, 0.5) is 0 Å². The molecule has 0 aromatic carbocycles. The molecule has 0 heterocycles. The van der Waals surface area contributed by atoms with Crippen molar-refractivity contribution in [3.05, 3.63) is 0 Å². The Hall–Kier alpha value is -0.240. The summed E-state index contributed by atoms with van der Waals surface area (Å²) in [5.41, 5.74) is 0. The van der Waals surface area contributed by atoms with E-state index in [0.717, 1.165) is 0 Å². The molecule has 0 aromatic rings. The first-order chi connectivity index (χ1) is 3.31. The summed E-state index contributed by atoms with van der Waals surface area (Å²) in [7, 11) is 0. The van der Waals surface area contributed by atoms with Gasteiger partial charge >= 0.3 is 7.40 Å². The van der Waals surface area contributed by atoms with E-state index in [9.17, 15) is 4.79 Å². The summed E-state index contributed by atoms with van der Waals surface area (Å²) in [4.78, 5) is 10.1. The Morgan fingerprint density at radius 2 is 2.57 bits per heavy atom. The number of hydrogen-bond acceptors (Lipinski definition) is 2. The molecule has 0 saturated carbocycles. The van der Waals surface area contributed by atoms with Gasteiger partial charge in [-0.25, -0.2) is 0 Å². The largest absolute Gasteiger partial charge is 1.00 e. The molecule has 0 aliphatic heterocycles. The van der Waals surface area contributed by atoms with Crippen molar-refractivity contribution in [2.75, 3.05) is 12.5 Å². The number of ether oxygens (including phenoxy) is 1. The molecular formula is C4H8ClO2+. The van der Waals surface area contributed by atoms with Crippen LogP contribution in [0.15, 0.2) is 0 Å². The lowest BCUT2D eigenvalue weighted by Crippen LogP contribution is -2.03. The van der Waals surface area contributed by atoms with Gasteiger partial charge in [0.15, 0.2) is 0 Å². The summed E-state index contributed by atoms with van der Waals surface area (Å²) >= 11 is 5.06. The topological polar surface area (TPSA) is 26.3 Å². The van der Waals surface area contributed by atoms with Crippen molar-refractivity contribution in [1.82, 2.24) is 0 Å². The second-order valence-corrected chi connectivity index (χ2v) is 1.21. The Bertz CT molecular complexity index is 67.1. The molecule has 3 heteroatoms. The third-order valence-electron chi connectivity index (χ3n) is 0.414. The highest BCUT2D eigenvalue weighted by atomic mass is 35.5. The molecule has 0 spiro atoms. The van der Waals surface area contributed by atoms with Gasteiger partial charge in [-0.2, -0.15) is 0 Å². The zero-order chi connectivity index (χ0) is 5.70. The molecule has 0 aliphatic rings. The highest BCUT2D eigenvalue weighted by Crippen LogP contribution is 1.79. The van der Waals surface area contributed by atoms with E-state index in [4.69, 9.17) is 11.6 Å². The molecule has 0 unspecified atom stereocenters. The second-order valence-electron chi connectivity index (χ2n) is 0.939. The predicted octanol–water partition coefficient (Wildman–Crippen LogP) is 0.901. The Morgan fingerprint density at radius 3 is 2.71 bits per heavy atom. The fraction of sp³-hybridized carbons (Fsp3) is 0.750. The van der Waals surface area contributed by atoms with E-state index in [2.05, 4.69) is 4.74 Å². The number of esters is 1. The summed E-state index contributed by atoms with van der Waals surface area (Å²) in [5, 5.41) is 0. The van der Waals surface area contributed by atoms with Gasteiger partial charge in [0, 0.05) is 0 Å². The maximum Gasteiger partial charge on any atom is 1.00 e. The van der Waals surface area contributed by atoms with Gasteiger partial charge in [0.25, 0.3) is 0 Å². The number of carbonyl (C=O) groups is 1. The van der Waals surface area contributed by atoms with Crippen molar-refractivity contribution in [2.24, 2.45) is 0 Å². The van der Waals surface area contributed by atoms with Crippen molar-refractivity contribution >= 4 is 17.6 Å². The number of carbonyl (C=O) groups excluding carboxylic acids is 1. The molecular weight excluding hydrogens is 115 g/mol. The maximum absolute atomic E-state index is 10.1. The van der Waals surface area contributed by atoms with E-state index in [1.165, 1.54) is 0 Å². The van der Waals surface area contributed by atoms with E-state index in [0.29, 0.717) is 6.61 Å². The van der Waals surface area contributed by atoms with Gasteiger partial charge in [0.1, 0.15) is 5.88 Å². The monoisotopic (exact) mass is 123 g/mol. The number of hydrogen-bond donors (Lipinski definition) is 0. The van der Waals surface area contributed by atoms with E-state index in [1.54, 1.807) is 6.92 Å². The summed E-state index contributed by atoms with van der Waals surface area (Å²) in [6.45, 7) is 2.15. The smallest absolute Gasteiger partial charge is 0.465 e. The lowest BCUT2D eigenvalue weighted by molar-refractivity contribution is -0.140. The van der Waals surface area contributed by atoms with Crippen molar-refractivity contribution < 1.29 is 11.0 Å². The first-order valence-electron chi connectivity index (χ1n) is 2.02. The Balaban J connectivity index is 0. The average molecular weight is 124 g/mol. The SMILES string of the molecule is CCOC(=O)CCl.[H+]. The van der Waals surface area contributed by atoms with Gasteiger partial charge in [0.2, 0.25) is 0 Å². The van der Waals surface area contributed by atoms with Crippen LogP contribution >= 0.6 is 11.6 Å². The van der Waals surface area contributed by atoms with Crippen molar-refractivity contribution in [3.63, 3.8) is 0 Å². The fourth-order valence-corrected chi connectivity index (χ4v) is 0.277. The van der Waals surface area contributed by atoms with Gasteiger partial charge in [-0.05, 0) is 6.92 Å². The Kier molecular flexibility index (Phi) is 3.80. The van der Waals surface area contributed by atoms with Gasteiger partial charge in [-0.15, -0.1) is 11.6 Å². The Morgan fingerprint density at radius 1 is 2.00 bits per heavy atom. The highest BCUT2D eigenvalue weighted by molar-refractivity contribution is 6.26. The van der Waals surface area contributed by atoms with Crippen molar-refractivity contribution in [2.45, 2.75) is 6.92 Å². The summed E-state index contributed by atoms with van der Waals surface area (Å²) < 4.78 is 4.42. The third-order valence-corrected chi connectivity index (χ3v) is 0.633. The molecule has 0 amide bonds. The molecule has 0 N–H and O–H groups in total. The molecule has 0 rings (SSSR count). The average Bonchev–Trinajstić information content (AvgIpc) is 1.68. The van der Waals surface area contributed by atoms with Crippen LogP contribution in [0, 0.1) is 0 Å². The fourth-order valence-electron chi connectivity index (χ4n) is 0.200. The van der Waals surface area contributed by atoms with Crippen LogP contribution in [0.2, 0.25) is 0 Å². The molecule has 2 nitrogen and oxygen atoms in total. The van der Waals surface area contributed by atoms with Crippen LogP contribution in [-0.4, -0.2) is 18.5 Å². The predicted molar refractivity (Wildman–Crippen MR) is 28.5 cm³/mol. The molecule has 0 aliphatic carbocycles.